The van der Waals surface area contributed by atoms with Crippen molar-refractivity contribution in [2.45, 2.75) is 19.3 Å². The van der Waals surface area contributed by atoms with Gasteiger partial charge in [-0.25, -0.2) is 0 Å². The monoisotopic (exact) mass is 257 g/mol. The summed E-state index contributed by atoms with van der Waals surface area (Å²) in [5, 5.41) is 0. The van der Waals surface area contributed by atoms with Gasteiger partial charge in [0.2, 0.25) is 0 Å². The quantitative estimate of drug-likeness (QED) is 0.516. The maximum atomic E-state index is 3.44. The second-order valence-corrected chi connectivity index (χ2v) is 2.80. The van der Waals surface area contributed by atoms with Gasteiger partial charge >= 0.3 is 0 Å². The van der Waals surface area contributed by atoms with Crippen LogP contribution in [0.15, 0.2) is 0 Å². The molecule has 1 rings (SSSR count). The Balaban J connectivity index is 0.000000640. The number of halogens is 2. The number of rotatable bonds is 1. The van der Waals surface area contributed by atoms with Crippen molar-refractivity contribution in [1.29, 1.82) is 0 Å². The van der Waals surface area contributed by atoms with E-state index in [1.54, 1.807) is 0 Å². The number of nitrogens with zero attached hydrogens (tertiary/aromatic N) is 1. The molecule has 0 amide bonds. The van der Waals surface area contributed by atoms with Gasteiger partial charge < -0.3 is 0 Å². The molecule has 56 valence electrons. The minimum atomic E-state index is 0. The summed E-state index contributed by atoms with van der Waals surface area (Å²) < 4.78 is 0. The van der Waals surface area contributed by atoms with Crippen molar-refractivity contribution in [2.75, 3.05) is 18.5 Å². The molecule has 0 radical (unpaired) electrons. The Hall–Kier alpha value is 0.920. The average molecular weight is 259 g/mol. The van der Waals surface area contributed by atoms with Crippen molar-refractivity contribution < 1.29 is 0 Å². The van der Waals surface area contributed by atoms with Gasteiger partial charge in [0.05, 0.1) is 5.45 Å². The molecule has 1 fully saturated rings. The Morgan fingerprint density at radius 1 is 1.11 bits per heavy atom. The fourth-order valence-corrected chi connectivity index (χ4v) is 1.58. The zero-order chi connectivity index (χ0) is 5.82. The van der Waals surface area contributed by atoms with Crippen molar-refractivity contribution in [3.8, 4) is 0 Å². The van der Waals surface area contributed by atoms with Crippen molar-refractivity contribution in [1.82, 2.24) is 4.90 Å². The summed E-state index contributed by atoms with van der Waals surface area (Å²) >= 11 is 3.44. The van der Waals surface area contributed by atoms with E-state index in [9.17, 15) is 0 Å². The first-order valence-corrected chi connectivity index (χ1v) is 4.34. The second-order valence-electron chi connectivity index (χ2n) is 2.30. The van der Waals surface area contributed by atoms with E-state index in [0.29, 0.717) is 0 Å². The zero-order valence-electron chi connectivity index (χ0n) is 5.48. The molecular formula is C6H13Br2N. The van der Waals surface area contributed by atoms with Crippen LogP contribution in [0.1, 0.15) is 19.3 Å². The molecule has 0 aromatic rings. The first kappa shape index (κ1) is 9.92. The van der Waals surface area contributed by atoms with E-state index < -0.39 is 0 Å². The molecular weight excluding hydrogens is 246 g/mol. The molecule has 0 aromatic heterocycles. The average Bonchev–Trinajstić information content (AvgIpc) is 1.90. The summed E-state index contributed by atoms with van der Waals surface area (Å²) in [6.45, 7) is 2.59. The van der Waals surface area contributed by atoms with Crippen LogP contribution in [0.3, 0.4) is 0 Å². The summed E-state index contributed by atoms with van der Waals surface area (Å²) in [6, 6.07) is 0. The molecule has 1 aliphatic heterocycles. The maximum absolute atomic E-state index is 3.44. The van der Waals surface area contributed by atoms with Crippen LogP contribution in [0.25, 0.3) is 0 Å². The minimum Gasteiger partial charge on any atom is -0.293 e. The van der Waals surface area contributed by atoms with Gasteiger partial charge in [-0.3, -0.25) is 4.90 Å². The van der Waals surface area contributed by atoms with Crippen molar-refractivity contribution in [2.24, 2.45) is 0 Å². The van der Waals surface area contributed by atoms with Crippen LogP contribution in [0.2, 0.25) is 0 Å². The van der Waals surface area contributed by atoms with Crippen LogP contribution in [0, 0.1) is 0 Å². The molecule has 9 heavy (non-hydrogen) atoms. The fourth-order valence-electron chi connectivity index (χ4n) is 1.08. The third kappa shape index (κ3) is 3.58. The van der Waals surface area contributed by atoms with E-state index in [1.807, 2.05) is 0 Å². The van der Waals surface area contributed by atoms with Crippen molar-refractivity contribution >= 4 is 32.9 Å². The molecule has 0 aromatic carbocycles. The van der Waals surface area contributed by atoms with Gasteiger partial charge in [-0.2, -0.15) is 0 Å². The molecule has 0 atom stereocenters. The van der Waals surface area contributed by atoms with E-state index >= 15 is 0 Å². The van der Waals surface area contributed by atoms with Crippen LogP contribution >= 0.6 is 32.9 Å². The Labute approximate surface area is 75.7 Å². The van der Waals surface area contributed by atoms with Crippen LogP contribution in [-0.2, 0) is 0 Å². The van der Waals surface area contributed by atoms with Gasteiger partial charge in [-0.05, 0) is 25.9 Å². The third-order valence-corrected chi connectivity index (χ3v) is 2.33. The zero-order valence-corrected chi connectivity index (χ0v) is 8.78. The first-order chi connectivity index (χ1) is 3.93. The number of alkyl halides is 1. The normalized spacial score (nSPS) is 21.0. The summed E-state index contributed by atoms with van der Waals surface area (Å²) in [5.41, 5.74) is 1.06. The van der Waals surface area contributed by atoms with E-state index in [2.05, 4.69) is 20.8 Å². The van der Waals surface area contributed by atoms with Crippen molar-refractivity contribution in [3.05, 3.63) is 0 Å². The van der Waals surface area contributed by atoms with Crippen molar-refractivity contribution in [3.63, 3.8) is 0 Å². The van der Waals surface area contributed by atoms with Gasteiger partial charge in [-0.1, -0.05) is 22.4 Å². The Morgan fingerprint density at radius 3 is 2.00 bits per heavy atom. The standard InChI is InChI=1S/C6H12BrN.BrH/c7-6-8-4-2-1-3-5-8;/h1-6H2;1H. The molecule has 0 aliphatic carbocycles. The number of likely N-dealkylation sites (tertiary alicyclic amines) is 1. The van der Waals surface area contributed by atoms with Crippen LogP contribution in [0.4, 0.5) is 0 Å². The molecule has 0 N–H and O–H groups in total. The molecule has 1 nitrogen and oxygen atoms in total. The third-order valence-electron chi connectivity index (χ3n) is 1.62. The Kier molecular flexibility index (Phi) is 6.27. The van der Waals surface area contributed by atoms with Crippen LogP contribution < -0.4 is 0 Å². The lowest BCUT2D eigenvalue weighted by molar-refractivity contribution is 0.269. The predicted octanol–water partition coefficient (Wildman–Crippen LogP) is 2.40. The predicted molar refractivity (Wildman–Crippen MR) is 49.5 cm³/mol. The number of hydrogen-bond acceptors (Lipinski definition) is 1. The van der Waals surface area contributed by atoms with E-state index in [1.165, 1.54) is 32.4 Å². The molecule has 3 heteroatoms. The lowest BCUT2D eigenvalue weighted by Crippen LogP contribution is -2.27. The van der Waals surface area contributed by atoms with Crippen LogP contribution in [0.5, 0.6) is 0 Å². The highest BCUT2D eigenvalue weighted by Gasteiger charge is 2.06. The molecule has 0 bridgehead atoms. The first-order valence-electron chi connectivity index (χ1n) is 3.22. The fraction of sp³-hybridized carbons (Fsp3) is 1.00. The molecule has 0 spiro atoms. The minimum absolute atomic E-state index is 0. The SMILES string of the molecule is Br.BrCN1CCCCC1. The van der Waals surface area contributed by atoms with Gasteiger partial charge in [0.25, 0.3) is 0 Å². The van der Waals surface area contributed by atoms with Gasteiger partial charge in [-0.15, -0.1) is 17.0 Å². The summed E-state index contributed by atoms with van der Waals surface area (Å²) in [5.74, 6) is 0. The Morgan fingerprint density at radius 2 is 1.67 bits per heavy atom. The van der Waals surface area contributed by atoms with Gasteiger partial charge in [0, 0.05) is 0 Å². The molecule has 1 heterocycles. The highest BCUT2D eigenvalue weighted by molar-refractivity contribution is 9.09. The molecule has 1 aliphatic rings. The Bertz CT molecular complexity index is 62.1. The lowest BCUT2D eigenvalue weighted by atomic mass is 10.1. The van der Waals surface area contributed by atoms with Gasteiger partial charge in [0.1, 0.15) is 0 Å². The van der Waals surface area contributed by atoms with Crippen LogP contribution in [-0.4, -0.2) is 23.4 Å². The number of hydrogen-bond donors (Lipinski definition) is 0. The van der Waals surface area contributed by atoms with Gasteiger partial charge in [0.15, 0.2) is 0 Å². The summed E-state index contributed by atoms with van der Waals surface area (Å²) in [7, 11) is 0. The highest BCUT2D eigenvalue weighted by Crippen LogP contribution is 2.08. The van der Waals surface area contributed by atoms with E-state index in [4.69, 9.17) is 0 Å². The maximum Gasteiger partial charge on any atom is 0.0542 e. The van der Waals surface area contributed by atoms with E-state index in [-0.39, 0.29) is 17.0 Å². The topological polar surface area (TPSA) is 3.24 Å². The largest absolute Gasteiger partial charge is 0.293 e. The summed E-state index contributed by atoms with van der Waals surface area (Å²) in [6.07, 6.45) is 4.22. The highest BCUT2D eigenvalue weighted by atomic mass is 79.9. The second kappa shape index (κ2) is 5.69. The number of piperidine rings is 1. The summed E-state index contributed by atoms with van der Waals surface area (Å²) in [4.78, 5) is 2.43. The molecule has 0 unspecified atom stereocenters. The molecule has 1 saturated heterocycles. The lowest BCUT2D eigenvalue weighted by Gasteiger charge is -2.23. The smallest absolute Gasteiger partial charge is 0.0542 e. The molecule has 0 saturated carbocycles. The van der Waals surface area contributed by atoms with E-state index in [0.717, 1.165) is 5.45 Å².